The molecule has 0 aliphatic heterocycles. The zero-order valence-electron chi connectivity index (χ0n) is 13.8. The topological polar surface area (TPSA) is 71.1 Å². The lowest BCUT2D eigenvalue weighted by atomic mass is 10.1. The zero-order valence-corrected chi connectivity index (χ0v) is 16.1. The smallest absolute Gasteiger partial charge is 0.273 e. The van der Waals surface area contributed by atoms with Gasteiger partial charge in [0.1, 0.15) is 5.70 Å². The molecule has 0 radical (unpaired) electrons. The Hall–Kier alpha value is -2.67. The number of carbonyl (C=O) groups is 2. The fraction of sp³-hybridized carbons (Fsp3) is 0. The molecule has 136 valence electrons. The molecule has 0 unspecified atom stereocenters. The van der Waals surface area contributed by atoms with Crippen LogP contribution in [0.2, 0.25) is 10.0 Å². The predicted molar refractivity (Wildman–Crippen MR) is 109 cm³/mol. The molecule has 0 spiro atoms. The first-order valence-electron chi connectivity index (χ1n) is 7.77. The summed E-state index contributed by atoms with van der Waals surface area (Å²) in [6.45, 7) is 0. The van der Waals surface area contributed by atoms with Gasteiger partial charge >= 0.3 is 0 Å². The molecule has 3 rings (SSSR count). The number of aromatic nitrogens is 1. The van der Waals surface area contributed by atoms with Crippen LogP contribution < -0.4 is 10.6 Å². The normalized spacial score (nSPS) is 11.1. The molecule has 1 aromatic heterocycles. The van der Waals surface area contributed by atoms with E-state index in [9.17, 15) is 9.59 Å². The third kappa shape index (κ3) is 5.17. The summed E-state index contributed by atoms with van der Waals surface area (Å²) in [5, 5.41) is 8.30. The number of nitrogens with zero attached hydrogens (tertiary/aromatic N) is 1. The van der Waals surface area contributed by atoms with E-state index >= 15 is 0 Å². The highest BCUT2D eigenvalue weighted by molar-refractivity contribution is 7.13. The summed E-state index contributed by atoms with van der Waals surface area (Å²) in [4.78, 5) is 29.2. The van der Waals surface area contributed by atoms with Crippen molar-refractivity contribution in [2.45, 2.75) is 0 Å². The van der Waals surface area contributed by atoms with Gasteiger partial charge in [-0.1, -0.05) is 47.5 Å². The number of amides is 2. The maximum absolute atomic E-state index is 12.6. The Labute approximate surface area is 169 Å². The van der Waals surface area contributed by atoms with Crippen LogP contribution in [0, 0.1) is 0 Å². The van der Waals surface area contributed by atoms with Crippen molar-refractivity contribution in [1.29, 1.82) is 0 Å². The maximum atomic E-state index is 12.6. The van der Waals surface area contributed by atoms with Gasteiger partial charge in [0.15, 0.2) is 5.13 Å². The Kier molecular flexibility index (Phi) is 6.24. The minimum atomic E-state index is -0.500. The first-order chi connectivity index (χ1) is 13.0. The van der Waals surface area contributed by atoms with E-state index in [1.165, 1.54) is 11.3 Å². The Bertz CT molecular complexity index is 986. The summed E-state index contributed by atoms with van der Waals surface area (Å²) in [5.41, 5.74) is 1.02. The summed E-state index contributed by atoms with van der Waals surface area (Å²) in [5.74, 6) is -0.990. The van der Waals surface area contributed by atoms with E-state index in [0.29, 0.717) is 20.7 Å². The molecule has 0 saturated carbocycles. The molecule has 2 aromatic carbocycles. The van der Waals surface area contributed by atoms with E-state index in [0.717, 1.165) is 0 Å². The number of halogens is 2. The van der Waals surface area contributed by atoms with Gasteiger partial charge in [-0.15, -0.1) is 11.3 Å². The average molecular weight is 418 g/mol. The molecule has 2 N–H and O–H groups in total. The Balaban J connectivity index is 1.89. The third-order valence-electron chi connectivity index (χ3n) is 3.45. The van der Waals surface area contributed by atoms with E-state index in [-0.39, 0.29) is 11.3 Å². The van der Waals surface area contributed by atoms with Crippen molar-refractivity contribution in [3.05, 3.63) is 87.0 Å². The lowest BCUT2D eigenvalue weighted by Crippen LogP contribution is -2.30. The minimum absolute atomic E-state index is 0.0532. The standard InChI is InChI=1S/C19H13Cl2N3O2S/c20-13-7-5-12(6-8-13)11-16(18(26)24-19-22-9-10-27-19)23-17(25)14-3-1-2-4-15(14)21/h1-11H,(H,23,25)(H,22,24,26)/b16-11-. The van der Waals surface area contributed by atoms with Crippen LogP contribution in [0.3, 0.4) is 0 Å². The fourth-order valence-electron chi connectivity index (χ4n) is 2.17. The predicted octanol–water partition coefficient (Wildman–Crippen LogP) is 4.86. The van der Waals surface area contributed by atoms with Crippen molar-refractivity contribution in [2.75, 3.05) is 5.32 Å². The van der Waals surface area contributed by atoms with Crippen LogP contribution in [-0.4, -0.2) is 16.8 Å². The van der Waals surface area contributed by atoms with Crippen LogP contribution in [0.25, 0.3) is 6.08 Å². The number of thiazole rings is 1. The van der Waals surface area contributed by atoms with Crippen molar-refractivity contribution in [1.82, 2.24) is 10.3 Å². The molecule has 3 aromatic rings. The molecular weight excluding hydrogens is 405 g/mol. The Morgan fingerprint density at radius 2 is 1.78 bits per heavy atom. The van der Waals surface area contributed by atoms with Gasteiger partial charge in [0.05, 0.1) is 10.6 Å². The molecule has 2 amide bonds. The largest absolute Gasteiger partial charge is 0.317 e. The quantitative estimate of drug-likeness (QED) is 0.582. The molecule has 8 heteroatoms. The highest BCUT2D eigenvalue weighted by atomic mass is 35.5. The summed E-state index contributed by atoms with van der Waals surface area (Å²) in [6.07, 6.45) is 3.12. The lowest BCUT2D eigenvalue weighted by molar-refractivity contribution is -0.113. The van der Waals surface area contributed by atoms with Crippen molar-refractivity contribution in [3.8, 4) is 0 Å². The Morgan fingerprint density at radius 3 is 2.44 bits per heavy atom. The highest BCUT2D eigenvalue weighted by Crippen LogP contribution is 2.17. The van der Waals surface area contributed by atoms with Crippen LogP contribution in [-0.2, 0) is 4.79 Å². The molecule has 1 heterocycles. The summed E-state index contributed by atoms with van der Waals surface area (Å²) in [6, 6.07) is 13.5. The van der Waals surface area contributed by atoms with Gasteiger partial charge in [-0.25, -0.2) is 4.98 Å². The number of benzene rings is 2. The van der Waals surface area contributed by atoms with E-state index in [1.54, 1.807) is 66.2 Å². The monoisotopic (exact) mass is 417 g/mol. The molecule has 0 saturated heterocycles. The third-order valence-corrected chi connectivity index (χ3v) is 4.72. The molecule has 0 bridgehead atoms. The zero-order chi connectivity index (χ0) is 19.2. The SMILES string of the molecule is O=C(Nc1nccs1)/C(=C/c1ccc(Cl)cc1)NC(=O)c1ccccc1Cl. The van der Waals surface area contributed by atoms with E-state index in [4.69, 9.17) is 23.2 Å². The second-order valence-corrected chi connectivity index (χ2v) is 7.07. The highest BCUT2D eigenvalue weighted by Gasteiger charge is 2.17. The van der Waals surface area contributed by atoms with Crippen LogP contribution in [0.1, 0.15) is 15.9 Å². The molecule has 0 aliphatic carbocycles. The van der Waals surface area contributed by atoms with Gasteiger partial charge in [-0.2, -0.15) is 0 Å². The van der Waals surface area contributed by atoms with E-state index in [1.807, 2.05) is 0 Å². The van der Waals surface area contributed by atoms with Gasteiger partial charge in [-0.05, 0) is 35.9 Å². The number of rotatable bonds is 5. The van der Waals surface area contributed by atoms with Crippen LogP contribution >= 0.6 is 34.5 Å². The summed E-state index contributed by atoms with van der Waals surface area (Å²) >= 11 is 13.2. The fourth-order valence-corrected chi connectivity index (χ4v) is 3.04. The van der Waals surface area contributed by atoms with E-state index < -0.39 is 11.8 Å². The van der Waals surface area contributed by atoms with Crippen molar-refractivity contribution < 1.29 is 9.59 Å². The summed E-state index contributed by atoms with van der Waals surface area (Å²) < 4.78 is 0. The number of hydrogen-bond donors (Lipinski definition) is 2. The molecule has 0 atom stereocenters. The minimum Gasteiger partial charge on any atom is -0.317 e. The Morgan fingerprint density at radius 1 is 1.04 bits per heavy atom. The maximum Gasteiger partial charge on any atom is 0.273 e. The van der Waals surface area contributed by atoms with Crippen molar-refractivity contribution in [2.24, 2.45) is 0 Å². The number of anilines is 1. The molecular formula is C19H13Cl2N3O2S. The van der Waals surface area contributed by atoms with Crippen LogP contribution in [0.15, 0.2) is 65.8 Å². The van der Waals surface area contributed by atoms with Gasteiger partial charge in [0.25, 0.3) is 11.8 Å². The first-order valence-corrected chi connectivity index (χ1v) is 9.40. The second kappa shape index (κ2) is 8.81. The van der Waals surface area contributed by atoms with Crippen molar-refractivity contribution in [3.63, 3.8) is 0 Å². The molecule has 0 aliphatic rings. The average Bonchev–Trinajstić information content (AvgIpc) is 3.16. The van der Waals surface area contributed by atoms with E-state index in [2.05, 4.69) is 15.6 Å². The second-order valence-electron chi connectivity index (χ2n) is 5.33. The van der Waals surface area contributed by atoms with Gasteiger partial charge in [0, 0.05) is 16.6 Å². The summed E-state index contributed by atoms with van der Waals surface area (Å²) in [7, 11) is 0. The van der Waals surface area contributed by atoms with Gasteiger partial charge in [0.2, 0.25) is 0 Å². The first kappa shape index (κ1) is 19.1. The van der Waals surface area contributed by atoms with Crippen LogP contribution in [0.4, 0.5) is 5.13 Å². The molecule has 5 nitrogen and oxygen atoms in total. The van der Waals surface area contributed by atoms with Crippen LogP contribution in [0.5, 0.6) is 0 Å². The number of carbonyl (C=O) groups excluding carboxylic acids is 2. The molecule has 0 fully saturated rings. The number of hydrogen-bond acceptors (Lipinski definition) is 4. The number of nitrogens with one attached hydrogen (secondary N) is 2. The van der Waals surface area contributed by atoms with Crippen molar-refractivity contribution >= 4 is 57.6 Å². The van der Waals surface area contributed by atoms with Gasteiger partial charge in [-0.3, -0.25) is 14.9 Å². The van der Waals surface area contributed by atoms with Gasteiger partial charge < -0.3 is 5.32 Å². The molecule has 27 heavy (non-hydrogen) atoms. The lowest BCUT2D eigenvalue weighted by Gasteiger charge is -2.11.